The van der Waals surface area contributed by atoms with Crippen LogP contribution < -0.4 is 19.1 Å². The van der Waals surface area contributed by atoms with Crippen LogP contribution in [0.25, 0.3) is 0 Å². The van der Waals surface area contributed by atoms with E-state index in [1.807, 2.05) is 19.9 Å². The van der Waals surface area contributed by atoms with Gasteiger partial charge in [0.1, 0.15) is 24.1 Å². The molecule has 11 heteroatoms. The summed E-state index contributed by atoms with van der Waals surface area (Å²) in [6.45, 7) is 4.90. The van der Waals surface area contributed by atoms with Crippen molar-refractivity contribution >= 4 is 39.1 Å². The van der Waals surface area contributed by atoms with Gasteiger partial charge in [-0.2, -0.15) is 0 Å². The van der Waals surface area contributed by atoms with E-state index >= 15 is 0 Å². The first-order chi connectivity index (χ1) is 19.5. The molecule has 220 valence electrons. The number of anilines is 1. The van der Waals surface area contributed by atoms with Gasteiger partial charge in [-0.05, 0) is 68.3 Å². The molecule has 9 nitrogen and oxygen atoms in total. The predicted octanol–water partition coefficient (Wildman–Crippen LogP) is 4.88. The van der Waals surface area contributed by atoms with Gasteiger partial charge >= 0.3 is 0 Å². The summed E-state index contributed by atoms with van der Waals surface area (Å²) in [7, 11) is -1.32. The van der Waals surface area contributed by atoms with Crippen molar-refractivity contribution in [1.82, 2.24) is 10.2 Å². The number of methoxy groups -OCH3 is 2. The van der Waals surface area contributed by atoms with Crippen LogP contribution in [-0.4, -0.2) is 58.0 Å². The highest BCUT2D eigenvalue weighted by atomic mass is 35.5. The first-order valence-corrected chi connectivity index (χ1v) is 15.0. The monoisotopic (exact) mass is 601 g/mol. The van der Waals surface area contributed by atoms with Gasteiger partial charge in [0.15, 0.2) is 0 Å². The Balaban J connectivity index is 2.13. The molecule has 0 unspecified atom stereocenters. The molecule has 3 aromatic rings. The molecule has 0 aliphatic rings. The van der Waals surface area contributed by atoms with E-state index in [1.165, 1.54) is 43.4 Å². The molecule has 0 aliphatic carbocycles. The number of ether oxygens (including phenoxy) is 2. The summed E-state index contributed by atoms with van der Waals surface area (Å²) in [6, 6.07) is 18.5. The van der Waals surface area contributed by atoms with Crippen molar-refractivity contribution in [3.8, 4) is 11.5 Å². The minimum Gasteiger partial charge on any atom is -0.497 e. The van der Waals surface area contributed by atoms with E-state index in [0.717, 1.165) is 4.31 Å². The van der Waals surface area contributed by atoms with Crippen LogP contribution in [0.4, 0.5) is 5.69 Å². The summed E-state index contributed by atoms with van der Waals surface area (Å²) in [5.41, 5.74) is 0.810. The molecule has 41 heavy (non-hydrogen) atoms. The number of nitrogens with one attached hydrogen (secondary N) is 1. The van der Waals surface area contributed by atoms with Crippen molar-refractivity contribution in [1.29, 1.82) is 0 Å². The van der Waals surface area contributed by atoms with Crippen molar-refractivity contribution in [2.45, 2.75) is 50.7 Å². The molecule has 0 aromatic heterocycles. The Morgan fingerprint density at radius 3 is 2.27 bits per heavy atom. The summed E-state index contributed by atoms with van der Waals surface area (Å²) in [5.74, 6) is -0.117. The second-order valence-corrected chi connectivity index (χ2v) is 11.9. The number of amides is 2. The fourth-order valence-electron chi connectivity index (χ4n) is 4.36. The van der Waals surface area contributed by atoms with Crippen molar-refractivity contribution < 1.29 is 27.5 Å². The van der Waals surface area contributed by atoms with Gasteiger partial charge in [-0.3, -0.25) is 13.9 Å². The van der Waals surface area contributed by atoms with Crippen LogP contribution >= 0.6 is 11.6 Å². The molecule has 0 heterocycles. The van der Waals surface area contributed by atoms with Crippen molar-refractivity contribution in [3.05, 3.63) is 83.4 Å². The van der Waals surface area contributed by atoms with Crippen LogP contribution in [0.5, 0.6) is 11.5 Å². The summed E-state index contributed by atoms with van der Waals surface area (Å²) in [6.07, 6.45) is 0.306. The zero-order valence-electron chi connectivity index (χ0n) is 23.8. The molecular formula is C30H36ClN3O6S. The third-order valence-corrected chi connectivity index (χ3v) is 8.33. The maximum absolute atomic E-state index is 14.2. The molecule has 0 bridgehead atoms. The minimum absolute atomic E-state index is 0.0150. The van der Waals surface area contributed by atoms with Gasteiger partial charge in [0.25, 0.3) is 10.0 Å². The molecule has 1 N–H and O–H groups in total. The van der Waals surface area contributed by atoms with Gasteiger partial charge in [-0.25, -0.2) is 8.42 Å². The van der Waals surface area contributed by atoms with E-state index in [9.17, 15) is 18.0 Å². The summed E-state index contributed by atoms with van der Waals surface area (Å²) in [4.78, 5) is 28.8. The SMILES string of the molecule is CC[C@H](C(=O)NC(C)C)N(Cc1cccc(OC)c1)C(=O)CN(c1cc(Cl)ccc1OC)S(=O)(=O)c1ccccc1. The Kier molecular flexibility index (Phi) is 11.0. The van der Waals surface area contributed by atoms with Gasteiger partial charge in [0, 0.05) is 17.6 Å². The first-order valence-electron chi connectivity index (χ1n) is 13.2. The average Bonchev–Trinajstić information content (AvgIpc) is 2.95. The molecule has 0 saturated heterocycles. The number of sulfonamides is 1. The third-order valence-electron chi connectivity index (χ3n) is 6.32. The minimum atomic E-state index is -4.26. The van der Waals surface area contributed by atoms with Crippen LogP contribution in [0.15, 0.2) is 77.7 Å². The quantitative estimate of drug-likeness (QED) is 0.299. The number of rotatable bonds is 13. The number of hydrogen-bond acceptors (Lipinski definition) is 6. The van der Waals surface area contributed by atoms with E-state index in [2.05, 4.69) is 5.32 Å². The standard InChI is InChI=1S/C30H36ClN3O6S/c1-6-26(30(36)32-21(2)3)33(19-22-11-10-12-24(17-22)39-4)29(35)20-34(27-18-23(31)15-16-28(27)40-5)41(37,38)25-13-8-7-9-14-25/h7-18,21,26H,6,19-20H2,1-5H3,(H,32,36)/t26-/m1/s1. The second kappa shape index (κ2) is 14.2. The number of hydrogen-bond donors (Lipinski definition) is 1. The number of nitrogens with zero attached hydrogens (tertiary/aromatic N) is 2. The van der Waals surface area contributed by atoms with Crippen LogP contribution in [0, 0.1) is 0 Å². The highest BCUT2D eigenvalue weighted by molar-refractivity contribution is 7.92. The predicted molar refractivity (Wildman–Crippen MR) is 160 cm³/mol. The number of benzene rings is 3. The Morgan fingerprint density at radius 2 is 1.66 bits per heavy atom. The number of carbonyl (C=O) groups excluding carboxylic acids is 2. The lowest BCUT2D eigenvalue weighted by molar-refractivity contribution is -0.140. The third kappa shape index (κ3) is 7.92. The molecule has 2 amide bonds. The molecule has 0 aliphatic heterocycles. The zero-order chi connectivity index (χ0) is 30.2. The lowest BCUT2D eigenvalue weighted by Crippen LogP contribution is -2.53. The highest BCUT2D eigenvalue weighted by Gasteiger charge is 2.35. The lowest BCUT2D eigenvalue weighted by Gasteiger charge is -2.34. The van der Waals surface area contributed by atoms with Crippen LogP contribution in [0.1, 0.15) is 32.8 Å². The van der Waals surface area contributed by atoms with E-state index in [0.29, 0.717) is 17.7 Å². The maximum atomic E-state index is 14.2. The largest absolute Gasteiger partial charge is 0.497 e. The topological polar surface area (TPSA) is 105 Å². The Bertz CT molecular complexity index is 1450. The molecule has 3 rings (SSSR count). The zero-order valence-corrected chi connectivity index (χ0v) is 25.4. The summed E-state index contributed by atoms with van der Waals surface area (Å²) >= 11 is 6.27. The van der Waals surface area contributed by atoms with E-state index in [-0.39, 0.29) is 39.8 Å². The molecule has 0 spiro atoms. The van der Waals surface area contributed by atoms with Gasteiger partial charge in [-0.1, -0.05) is 48.9 Å². The van der Waals surface area contributed by atoms with Gasteiger partial charge < -0.3 is 19.7 Å². The normalized spacial score (nSPS) is 12.0. The van der Waals surface area contributed by atoms with E-state index in [4.69, 9.17) is 21.1 Å². The summed E-state index contributed by atoms with van der Waals surface area (Å²) in [5, 5.41) is 3.14. The molecule has 3 aromatic carbocycles. The fourth-order valence-corrected chi connectivity index (χ4v) is 5.96. The van der Waals surface area contributed by atoms with E-state index in [1.54, 1.807) is 49.4 Å². The fraction of sp³-hybridized carbons (Fsp3) is 0.333. The first kappa shape index (κ1) is 31.8. The smallest absolute Gasteiger partial charge is 0.264 e. The van der Waals surface area contributed by atoms with Crippen molar-refractivity contribution in [2.75, 3.05) is 25.1 Å². The maximum Gasteiger partial charge on any atom is 0.264 e. The molecular weight excluding hydrogens is 566 g/mol. The second-order valence-electron chi connectivity index (χ2n) is 9.60. The number of carbonyl (C=O) groups is 2. The average molecular weight is 602 g/mol. The van der Waals surface area contributed by atoms with Crippen LogP contribution in [-0.2, 0) is 26.2 Å². The molecule has 1 atom stereocenters. The van der Waals surface area contributed by atoms with Gasteiger partial charge in [-0.15, -0.1) is 0 Å². The highest BCUT2D eigenvalue weighted by Crippen LogP contribution is 2.35. The van der Waals surface area contributed by atoms with E-state index < -0.39 is 28.5 Å². The number of halogens is 1. The Hall–Kier alpha value is -3.76. The van der Waals surface area contributed by atoms with Crippen LogP contribution in [0.2, 0.25) is 5.02 Å². The van der Waals surface area contributed by atoms with Gasteiger partial charge in [0.2, 0.25) is 11.8 Å². The van der Waals surface area contributed by atoms with Crippen molar-refractivity contribution in [2.24, 2.45) is 0 Å². The molecule has 0 fully saturated rings. The Morgan fingerprint density at radius 1 is 0.951 bits per heavy atom. The van der Waals surface area contributed by atoms with Crippen molar-refractivity contribution in [3.63, 3.8) is 0 Å². The van der Waals surface area contributed by atoms with Crippen LogP contribution in [0.3, 0.4) is 0 Å². The summed E-state index contributed by atoms with van der Waals surface area (Å²) < 4.78 is 39.8. The molecule has 0 radical (unpaired) electrons. The molecule has 0 saturated carbocycles. The van der Waals surface area contributed by atoms with Gasteiger partial charge in [0.05, 0.1) is 24.8 Å². The Labute approximate surface area is 247 Å². The lowest BCUT2D eigenvalue weighted by atomic mass is 10.1.